The van der Waals surface area contributed by atoms with Crippen molar-refractivity contribution in [2.75, 3.05) is 4.90 Å². The second kappa shape index (κ2) is 6.55. The zero-order valence-corrected chi connectivity index (χ0v) is 16.4. The molecule has 0 fully saturated rings. The van der Waals surface area contributed by atoms with Crippen molar-refractivity contribution in [3.63, 3.8) is 0 Å². The average Bonchev–Trinajstić information content (AvgIpc) is 2.53. The van der Waals surface area contributed by atoms with Gasteiger partial charge in [0, 0.05) is 11.9 Å². The Labute approximate surface area is 152 Å². The van der Waals surface area contributed by atoms with Crippen LogP contribution in [0.5, 0.6) is 0 Å². The fourth-order valence-corrected chi connectivity index (χ4v) is 3.88. The van der Waals surface area contributed by atoms with E-state index in [4.69, 9.17) is 0 Å². The molecule has 1 aliphatic rings. The lowest BCUT2D eigenvalue weighted by Crippen LogP contribution is -2.44. The Morgan fingerprint density at radius 3 is 1.92 bits per heavy atom. The van der Waals surface area contributed by atoms with Crippen LogP contribution in [0.2, 0.25) is 0 Å². The van der Waals surface area contributed by atoms with Crippen molar-refractivity contribution in [2.24, 2.45) is 0 Å². The molecule has 0 aliphatic carbocycles. The number of anilines is 1. The fraction of sp³-hybridized carbons (Fsp3) is 0.333. The second-order valence-corrected chi connectivity index (χ2v) is 7.73. The highest BCUT2D eigenvalue weighted by atomic mass is 15.2. The molecule has 0 bridgehead atoms. The summed E-state index contributed by atoms with van der Waals surface area (Å²) >= 11 is 0. The third-order valence-electron chi connectivity index (χ3n) is 5.52. The minimum absolute atomic E-state index is 0.0552. The van der Waals surface area contributed by atoms with Crippen LogP contribution in [-0.4, -0.2) is 5.54 Å². The molecule has 1 aliphatic heterocycles. The largest absolute Gasteiger partial charge is 0.339 e. The van der Waals surface area contributed by atoms with Crippen LogP contribution in [0.4, 0.5) is 5.69 Å². The molecule has 1 heteroatoms. The monoisotopic (exact) mass is 331 g/mol. The van der Waals surface area contributed by atoms with Crippen molar-refractivity contribution in [1.82, 2.24) is 0 Å². The van der Waals surface area contributed by atoms with Crippen molar-refractivity contribution < 1.29 is 0 Å². The molecular formula is C24H29N. The number of allylic oxidation sites excluding steroid dienone is 1. The molecule has 130 valence electrons. The Bertz CT molecular complexity index is 812. The van der Waals surface area contributed by atoms with Gasteiger partial charge in [-0.3, -0.25) is 0 Å². The van der Waals surface area contributed by atoms with E-state index >= 15 is 0 Å². The summed E-state index contributed by atoms with van der Waals surface area (Å²) in [6, 6.07) is 13.1. The normalized spacial score (nSPS) is 18.0. The molecule has 3 rings (SSSR count). The maximum atomic E-state index is 2.45. The molecule has 25 heavy (non-hydrogen) atoms. The number of hydrogen-bond donors (Lipinski definition) is 0. The lowest BCUT2D eigenvalue weighted by atomic mass is 9.83. The van der Waals surface area contributed by atoms with Crippen LogP contribution in [0.3, 0.4) is 0 Å². The van der Waals surface area contributed by atoms with E-state index < -0.39 is 0 Å². The van der Waals surface area contributed by atoms with Crippen LogP contribution in [0.25, 0.3) is 6.08 Å². The van der Waals surface area contributed by atoms with Gasteiger partial charge in [-0.15, -0.1) is 0 Å². The maximum absolute atomic E-state index is 2.45. The summed E-state index contributed by atoms with van der Waals surface area (Å²) in [6.45, 7) is 13.5. The van der Waals surface area contributed by atoms with Gasteiger partial charge in [0.1, 0.15) is 0 Å². The van der Waals surface area contributed by atoms with E-state index in [0.717, 1.165) is 6.42 Å². The SMILES string of the molecule is Cc1cccc(C)c1/C=C1/CC=CN(c2c(C)cccc2C)C1(C)C. The van der Waals surface area contributed by atoms with E-state index in [1.807, 2.05) is 0 Å². The molecule has 0 radical (unpaired) electrons. The first kappa shape index (κ1) is 17.5. The van der Waals surface area contributed by atoms with Gasteiger partial charge in [-0.25, -0.2) is 0 Å². The number of hydrogen-bond acceptors (Lipinski definition) is 1. The molecule has 0 unspecified atom stereocenters. The molecule has 0 atom stereocenters. The third-order valence-corrected chi connectivity index (χ3v) is 5.52. The molecule has 2 aromatic carbocycles. The smallest absolute Gasteiger partial charge is 0.0606 e. The van der Waals surface area contributed by atoms with Crippen LogP contribution in [0.1, 0.15) is 48.1 Å². The third kappa shape index (κ3) is 3.16. The highest BCUT2D eigenvalue weighted by Crippen LogP contribution is 2.39. The maximum Gasteiger partial charge on any atom is 0.0606 e. The first-order valence-corrected chi connectivity index (χ1v) is 9.12. The van der Waals surface area contributed by atoms with Crippen molar-refractivity contribution in [2.45, 2.75) is 53.5 Å². The summed E-state index contributed by atoms with van der Waals surface area (Å²) in [7, 11) is 0. The highest BCUT2D eigenvalue weighted by molar-refractivity contribution is 5.69. The Morgan fingerprint density at radius 1 is 0.840 bits per heavy atom. The number of nitrogens with zero attached hydrogens (tertiary/aromatic N) is 1. The second-order valence-electron chi connectivity index (χ2n) is 7.73. The highest BCUT2D eigenvalue weighted by Gasteiger charge is 2.33. The van der Waals surface area contributed by atoms with Crippen LogP contribution in [-0.2, 0) is 0 Å². The first-order valence-electron chi connectivity index (χ1n) is 9.12. The quantitative estimate of drug-likeness (QED) is 0.606. The van der Waals surface area contributed by atoms with E-state index in [1.54, 1.807) is 0 Å². The van der Waals surface area contributed by atoms with E-state index in [1.165, 1.54) is 39.1 Å². The predicted molar refractivity (Wildman–Crippen MR) is 110 cm³/mol. The van der Waals surface area contributed by atoms with E-state index in [2.05, 4.69) is 101 Å². The summed E-state index contributed by atoms with van der Waals surface area (Å²) in [6.07, 6.45) is 7.96. The lowest BCUT2D eigenvalue weighted by Gasteiger charge is -2.44. The summed E-state index contributed by atoms with van der Waals surface area (Å²) < 4.78 is 0. The van der Waals surface area contributed by atoms with Crippen LogP contribution in [0.15, 0.2) is 54.2 Å². The Morgan fingerprint density at radius 2 is 1.36 bits per heavy atom. The molecule has 0 spiro atoms. The zero-order valence-electron chi connectivity index (χ0n) is 16.4. The molecule has 0 aromatic heterocycles. The minimum atomic E-state index is -0.0552. The van der Waals surface area contributed by atoms with Gasteiger partial charge in [-0.2, -0.15) is 0 Å². The minimum Gasteiger partial charge on any atom is -0.339 e. The van der Waals surface area contributed by atoms with Gasteiger partial charge < -0.3 is 4.90 Å². The van der Waals surface area contributed by atoms with Crippen molar-refractivity contribution >= 4 is 11.8 Å². The molecule has 2 aromatic rings. The van der Waals surface area contributed by atoms with Gasteiger partial charge >= 0.3 is 0 Å². The van der Waals surface area contributed by atoms with Gasteiger partial charge in [-0.05, 0) is 81.4 Å². The Balaban J connectivity index is 2.11. The first-order chi connectivity index (χ1) is 11.8. The summed E-state index contributed by atoms with van der Waals surface area (Å²) in [5.74, 6) is 0. The molecule has 0 amide bonds. The number of aryl methyl sites for hydroxylation is 4. The van der Waals surface area contributed by atoms with Gasteiger partial charge in [0.25, 0.3) is 0 Å². The van der Waals surface area contributed by atoms with Gasteiger partial charge in [-0.1, -0.05) is 48.6 Å². The fourth-order valence-electron chi connectivity index (χ4n) is 3.88. The number of benzene rings is 2. The summed E-state index contributed by atoms with van der Waals surface area (Å²) in [4.78, 5) is 2.45. The van der Waals surface area contributed by atoms with Crippen molar-refractivity contribution in [3.05, 3.63) is 82.1 Å². The van der Waals surface area contributed by atoms with Crippen molar-refractivity contribution in [3.8, 4) is 0 Å². The Kier molecular flexibility index (Phi) is 4.60. The number of rotatable bonds is 2. The predicted octanol–water partition coefficient (Wildman–Crippen LogP) is 6.51. The average molecular weight is 332 g/mol. The van der Waals surface area contributed by atoms with E-state index in [-0.39, 0.29) is 5.54 Å². The number of para-hydroxylation sites is 1. The van der Waals surface area contributed by atoms with Gasteiger partial charge in [0.2, 0.25) is 0 Å². The van der Waals surface area contributed by atoms with Gasteiger partial charge in [0.05, 0.1) is 5.54 Å². The summed E-state index contributed by atoms with van der Waals surface area (Å²) in [5, 5.41) is 0. The lowest BCUT2D eigenvalue weighted by molar-refractivity contribution is 0.562. The van der Waals surface area contributed by atoms with Crippen molar-refractivity contribution in [1.29, 1.82) is 0 Å². The van der Waals surface area contributed by atoms with E-state index in [0.29, 0.717) is 0 Å². The zero-order chi connectivity index (χ0) is 18.2. The molecule has 0 saturated carbocycles. The molecule has 0 N–H and O–H groups in total. The van der Waals surface area contributed by atoms with Crippen LogP contribution < -0.4 is 4.90 Å². The van der Waals surface area contributed by atoms with Crippen LogP contribution in [0, 0.1) is 27.7 Å². The molecule has 1 nitrogen and oxygen atoms in total. The molecule has 0 saturated heterocycles. The summed E-state index contributed by atoms with van der Waals surface area (Å²) in [5.41, 5.74) is 9.43. The molecule has 1 heterocycles. The van der Waals surface area contributed by atoms with Gasteiger partial charge in [0.15, 0.2) is 0 Å². The van der Waals surface area contributed by atoms with E-state index in [9.17, 15) is 0 Å². The van der Waals surface area contributed by atoms with Crippen LogP contribution >= 0.6 is 0 Å². The molecular weight excluding hydrogens is 302 g/mol. The topological polar surface area (TPSA) is 3.24 Å². The Hall–Kier alpha value is -2.28. The standard InChI is InChI=1S/C24H29N/c1-17-10-7-11-18(2)22(17)16-21-14-9-15-25(24(21,5)6)23-19(3)12-8-13-20(23)4/h7-13,15-16H,14H2,1-6H3/b21-16-.